The number of fused-ring (bicyclic) bond motifs is 2. The van der Waals surface area contributed by atoms with Crippen LogP contribution in [0.3, 0.4) is 0 Å². The summed E-state index contributed by atoms with van der Waals surface area (Å²) in [4.78, 5) is 65.8. The molecule has 0 radical (unpaired) electrons. The zero-order valence-electron chi connectivity index (χ0n) is 25.6. The first-order valence-electron chi connectivity index (χ1n) is 14.2. The van der Waals surface area contributed by atoms with Crippen LogP contribution in [0.5, 0.6) is 11.6 Å². The molecule has 14 nitrogen and oxygen atoms in total. The fourth-order valence-corrected chi connectivity index (χ4v) is 5.70. The van der Waals surface area contributed by atoms with Gasteiger partial charge in [-0.2, -0.15) is 0 Å². The highest BCUT2D eigenvalue weighted by Gasteiger charge is 2.54. The number of carbonyl (C=O) groups excluding carboxylic acids is 5. The maximum absolute atomic E-state index is 13.3. The van der Waals surface area contributed by atoms with E-state index in [0.717, 1.165) is 50.5 Å². The van der Waals surface area contributed by atoms with E-state index >= 15 is 0 Å². The minimum Gasteiger partial charge on any atom is -0.494 e. The Kier molecular flexibility index (Phi) is 9.17. The molecule has 2 aromatic carbocycles. The number of rotatable bonds is 8. The molecule has 2 aliphatic rings. The first-order valence-corrected chi connectivity index (χ1v) is 14.2. The molecular formula is C31H27F3N2O12. The minimum atomic E-state index is -5.04. The molecule has 254 valence electrons. The van der Waals surface area contributed by atoms with E-state index in [1.54, 1.807) is 12.1 Å². The molecule has 0 saturated carbocycles. The molecule has 1 N–H and O–H groups in total. The van der Waals surface area contributed by atoms with E-state index in [4.69, 9.17) is 23.7 Å². The summed E-state index contributed by atoms with van der Waals surface area (Å²) in [5, 5.41) is 12.0. The van der Waals surface area contributed by atoms with E-state index in [9.17, 15) is 42.3 Å². The van der Waals surface area contributed by atoms with Crippen LogP contribution >= 0.6 is 0 Å². The number of para-hydroxylation sites is 1. The van der Waals surface area contributed by atoms with Gasteiger partial charge in [0.15, 0.2) is 24.5 Å². The highest BCUT2D eigenvalue weighted by molar-refractivity contribution is 6.25. The van der Waals surface area contributed by atoms with Gasteiger partial charge in [0.25, 0.3) is 5.91 Å². The lowest BCUT2D eigenvalue weighted by Gasteiger charge is -2.45. The van der Waals surface area contributed by atoms with Crippen molar-refractivity contribution < 1.29 is 70.7 Å². The zero-order valence-corrected chi connectivity index (χ0v) is 25.6. The Morgan fingerprint density at radius 3 is 2.15 bits per heavy atom. The molecule has 5 atom stereocenters. The highest BCUT2D eigenvalue weighted by atomic mass is 19.4. The number of esters is 4. The molecule has 3 heterocycles. The van der Waals surface area contributed by atoms with Crippen LogP contribution in [0.25, 0.3) is 16.5 Å². The van der Waals surface area contributed by atoms with E-state index in [0.29, 0.717) is 0 Å². The Balaban J connectivity index is 1.76. The predicted molar refractivity (Wildman–Crippen MR) is 152 cm³/mol. The molecule has 5 rings (SSSR count). The Morgan fingerprint density at radius 1 is 0.896 bits per heavy atom. The topological polar surface area (TPSA) is 178 Å². The molecule has 17 heteroatoms. The third-order valence-electron chi connectivity index (χ3n) is 7.26. The lowest BCUT2D eigenvalue weighted by Crippen LogP contribution is -2.60. The van der Waals surface area contributed by atoms with Crippen LogP contribution in [0.2, 0.25) is 0 Å². The molecule has 48 heavy (non-hydrogen) atoms. The largest absolute Gasteiger partial charge is 0.573 e. The van der Waals surface area contributed by atoms with Gasteiger partial charge < -0.3 is 33.5 Å². The molecule has 5 unspecified atom stereocenters. The average molecular weight is 677 g/mol. The maximum Gasteiger partial charge on any atom is 0.573 e. The average Bonchev–Trinajstić information content (AvgIpc) is 3.44. The van der Waals surface area contributed by atoms with Crippen LogP contribution in [0.15, 0.2) is 47.5 Å². The number of aromatic nitrogens is 1. The summed E-state index contributed by atoms with van der Waals surface area (Å²) < 4.78 is 72.0. The summed E-state index contributed by atoms with van der Waals surface area (Å²) >= 11 is 0. The van der Waals surface area contributed by atoms with Crippen molar-refractivity contribution in [3.63, 3.8) is 0 Å². The van der Waals surface area contributed by atoms with Gasteiger partial charge in [0.05, 0.1) is 22.0 Å². The second-order valence-electron chi connectivity index (χ2n) is 10.7. The van der Waals surface area contributed by atoms with Gasteiger partial charge >= 0.3 is 30.2 Å². The predicted octanol–water partition coefficient (Wildman–Crippen LogP) is 1.86. The van der Waals surface area contributed by atoms with E-state index in [1.807, 2.05) is 0 Å². The van der Waals surface area contributed by atoms with Crippen molar-refractivity contribution >= 4 is 46.3 Å². The summed E-state index contributed by atoms with van der Waals surface area (Å²) in [7, 11) is 0. The minimum absolute atomic E-state index is 0.00746. The number of halogens is 3. The lowest BCUT2D eigenvalue weighted by molar-refractivity contribution is -0.274. The van der Waals surface area contributed by atoms with Crippen LogP contribution in [-0.4, -0.2) is 76.8 Å². The van der Waals surface area contributed by atoms with Crippen molar-refractivity contribution in [1.82, 2.24) is 4.57 Å². The SMILES string of the molecule is CC(=O)OCC1OC(n2c(O)c(C3=c4cc(OC(F)(F)F)ccc4=NC3=O)c3ccccc32)C(OC(C)=O)C(OC(C)=O)C1OC(C)=O. The van der Waals surface area contributed by atoms with Gasteiger partial charge in [0.2, 0.25) is 5.88 Å². The third kappa shape index (κ3) is 6.80. The van der Waals surface area contributed by atoms with Crippen LogP contribution in [-0.2, 0) is 47.7 Å². The number of carbonyl (C=O) groups is 5. The molecule has 0 bridgehead atoms. The van der Waals surface area contributed by atoms with Crippen molar-refractivity contribution in [3.05, 3.63) is 58.6 Å². The van der Waals surface area contributed by atoms with Crippen LogP contribution in [0.4, 0.5) is 13.2 Å². The highest BCUT2D eigenvalue weighted by Crippen LogP contribution is 2.44. The van der Waals surface area contributed by atoms with Gasteiger partial charge in [-0.3, -0.25) is 28.5 Å². The van der Waals surface area contributed by atoms with Crippen LogP contribution < -0.4 is 15.3 Å². The van der Waals surface area contributed by atoms with Crippen molar-refractivity contribution in [1.29, 1.82) is 0 Å². The Morgan fingerprint density at radius 2 is 1.52 bits per heavy atom. The maximum atomic E-state index is 13.3. The molecule has 2 aliphatic heterocycles. The van der Waals surface area contributed by atoms with E-state index < -0.39 is 85.0 Å². The quantitative estimate of drug-likeness (QED) is 0.271. The molecule has 1 fully saturated rings. The summed E-state index contributed by atoms with van der Waals surface area (Å²) in [6, 6.07) is 9.19. The van der Waals surface area contributed by atoms with E-state index in [-0.39, 0.29) is 32.6 Å². The Bertz CT molecular complexity index is 1950. The summed E-state index contributed by atoms with van der Waals surface area (Å²) in [5.41, 5.74) is -0.298. The molecule has 0 aliphatic carbocycles. The molecule has 1 aromatic heterocycles. The fourth-order valence-electron chi connectivity index (χ4n) is 5.70. The smallest absolute Gasteiger partial charge is 0.494 e. The monoisotopic (exact) mass is 676 g/mol. The number of hydrogen-bond acceptors (Lipinski definition) is 12. The number of nitrogens with zero attached hydrogens (tertiary/aromatic N) is 2. The number of benzene rings is 2. The molecule has 3 aromatic rings. The standard InChI is InChI=1S/C31H27F3N2O12/c1-13(37)43-12-22-25(44-14(2)38)26(45-15(3)39)27(46-16(4)40)30(47-22)36-21-8-6-5-7-18(21)24(29(36)42)23-19-11-17(48-31(32,33)34)9-10-20(19)35-28(23)41/h5-11,22,25-27,30,42H,12H2,1-4H3. The second-order valence-corrected chi connectivity index (χ2v) is 10.7. The summed E-state index contributed by atoms with van der Waals surface area (Å²) in [6.45, 7) is 3.70. The molecule has 0 spiro atoms. The lowest BCUT2D eigenvalue weighted by atomic mass is 9.97. The van der Waals surface area contributed by atoms with Crippen molar-refractivity contribution in [3.8, 4) is 11.6 Å². The van der Waals surface area contributed by atoms with Gasteiger partial charge in [-0.1, -0.05) is 18.2 Å². The zero-order chi connectivity index (χ0) is 35.1. The van der Waals surface area contributed by atoms with E-state index in [2.05, 4.69) is 9.73 Å². The van der Waals surface area contributed by atoms with Gasteiger partial charge in [-0.25, -0.2) is 4.99 Å². The number of alkyl halides is 3. The van der Waals surface area contributed by atoms with Gasteiger partial charge in [-0.15, -0.1) is 13.2 Å². The van der Waals surface area contributed by atoms with E-state index in [1.165, 1.54) is 12.1 Å². The Labute approximate surface area is 268 Å². The number of ether oxygens (including phenoxy) is 6. The normalized spacial score (nSPS) is 22.0. The van der Waals surface area contributed by atoms with Crippen molar-refractivity contribution in [2.24, 2.45) is 4.99 Å². The number of amides is 1. The molecule has 1 saturated heterocycles. The van der Waals surface area contributed by atoms with Crippen LogP contribution in [0, 0.1) is 0 Å². The van der Waals surface area contributed by atoms with Gasteiger partial charge in [0.1, 0.15) is 18.5 Å². The molecule has 1 amide bonds. The Hall–Kier alpha value is -5.45. The second kappa shape index (κ2) is 13.0. The number of aromatic hydroxyl groups is 1. The third-order valence-corrected chi connectivity index (χ3v) is 7.26. The van der Waals surface area contributed by atoms with Gasteiger partial charge in [-0.05, 0) is 24.3 Å². The summed E-state index contributed by atoms with van der Waals surface area (Å²) in [5.74, 6) is -5.60. The van der Waals surface area contributed by atoms with Crippen LogP contribution in [0.1, 0.15) is 39.5 Å². The fraction of sp³-hybridized carbons (Fsp3) is 0.355. The van der Waals surface area contributed by atoms with Crippen molar-refractivity contribution in [2.45, 2.75) is 64.7 Å². The first kappa shape index (κ1) is 33.9. The molecular weight excluding hydrogens is 649 g/mol. The summed E-state index contributed by atoms with van der Waals surface area (Å²) in [6.07, 6.45) is -12.7. The first-order chi connectivity index (χ1) is 22.6. The van der Waals surface area contributed by atoms with Gasteiger partial charge in [0, 0.05) is 38.3 Å². The van der Waals surface area contributed by atoms with Crippen molar-refractivity contribution in [2.75, 3.05) is 6.61 Å². The number of hydrogen-bond donors (Lipinski definition) is 1.